The fourth-order valence-electron chi connectivity index (χ4n) is 2.43. The molecule has 0 saturated heterocycles. The number of hydrogen-bond acceptors (Lipinski definition) is 6. The quantitative estimate of drug-likeness (QED) is 0.439. The Labute approximate surface area is 135 Å². The highest BCUT2D eigenvalue weighted by Crippen LogP contribution is 2.40. The highest BCUT2D eigenvalue weighted by Gasteiger charge is 2.19. The fourth-order valence-corrected chi connectivity index (χ4v) is 2.43. The van der Waals surface area contributed by atoms with Crippen LogP contribution in [0.25, 0.3) is 10.9 Å². The standard InChI is InChI=1S/C16H12N4O4/c1-10(21)19-13-8-4-2-6-11(13)15(16(19)22)18-17-12-7-3-5-9-14(12)20(23)24/h2-9,22H,1H3. The van der Waals surface area contributed by atoms with Crippen molar-refractivity contribution in [2.75, 3.05) is 0 Å². The molecular formula is C16H12N4O4. The molecule has 1 N–H and O–H groups in total. The molecule has 120 valence electrons. The number of rotatable bonds is 3. The Bertz CT molecular complexity index is 991. The van der Waals surface area contributed by atoms with Crippen LogP contribution >= 0.6 is 0 Å². The summed E-state index contributed by atoms with van der Waals surface area (Å²) in [5, 5.41) is 29.7. The third-order valence-corrected chi connectivity index (χ3v) is 3.47. The zero-order valence-electron chi connectivity index (χ0n) is 12.6. The van der Waals surface area contributed by atoms with Crippen LogP contribution in [0.5, 0.6) is 5.88 Å². The van der Waals surface area contributed by atoms with Crippen LogP contribution in [0, 0.1) is 10.1 Å². The molecule has 0 bridgehead atoms. The van der Waals surface area contributed by atoms with Gasteiger partial charge in [-0.2, -0.15) is 0 Å². The van der Waals surface area contributed by atoms with Crippen molar-refractivity contribution in [2.24, 2.45) is 10.2 Å². The molecule has 1 aromatic heterocycles. The predicted octanol–water partition coefficient (Wildman–Crippen LogP) is 4.33. The third kappa shape index (κ3) is 2.50. The van der Waals surface area contributed by atoms with Gasteiger partial charge in [-0.3, -0.25) is 14.9 Å². The molecule has 0 saturated carbocycles. The second kappa shape index (κ2) is 5.92. The van der Waals surface area contributed by atoms with Gasteiger partial charge in [-0.1, -0.05) is 30.3 Å². The number of nitro benzene ring substituents is 1. The van der Waals surface area contributed by atoms with Crippen molar-refractivity contribution in [3.8, 4) is 5.88 Å². The van der Waals surface area contributed by atoms with Gasteiger partial charge in [0.1, 0.15) is 0 Å². The molecule has 0 amide bonds. The zero-order valence-corrected chi connectivity index (χ0v) is 12.6. The molecule has 0 atom stereocenters. The summed E-state index contributed by atoms with van der Waals surface area (Å²) in [6.45, 7) is 1.31. The number of carbonyl (C=O) groups excluding carboxylic acids is 1. The molecule has 0 unspecified atom stereocenters. The molecule has 0 aliphatic heterocycles. The monoisotopic (exact) mass is 324 g/mol. The van der Waals surface area contributed by atoms with Gasteiger partial charge in [-0.05, 0) is 12.1 Å². The van der Waals surface area contributed by atoms with Crippen molar-refractivity contribution < 1.29 is 14.8 Å². The second-order valence-electron chi connectivity index (χ2n) is 4.99. The van der Waals surface area contributed by atoms with Gasteiger partial charge in [0.2, 0.25) is 11.8 Å². The van der Waals surface area contributed by atoms with Crippen molar-refractivity contribution in [1.82, 2.24) is 4.57 Å². The van der Waals surface area contributed by atoms with Gasteiger partial charge in [0, 0.05) is 18.4 Å². The minimum atomic E-state index is -0.562. The van der Waals surface area contributed by atoms with Crippen LogP contribution in [-0.4, -0.2) is 20.5 Å². The molecule has 8 heteroatoms. The van der Waals surface area contributed by atoms with Gasteiger partial charge in [0.05, 0.1) is 10.4 Å². The van der Waals surface area contributed by atoms with Gasteiger partial charge in [0.15, 0.2) is 11.4 Å². The average Bonchev–Trinajstić information content (AvgIpc) is 2.84. The van der Waals surface area contributed by atoms with Crippen LogP contribution in [0.1, 0.15) is 11.7 Å². The zero-order chi connectivity index (χ0) is 17.3. The third-order valence-electron chi connectivity index (χ3n) is 3.47. The van der Waals surface area contributed by atoms with E-state index in [9.17, 15) is 20.0 Å². The molecular weight excluding hydrogens is 312 g/mol. The minimum absolute atomic E-state index is 0.0570. The van der Waals surface area contributed by atoms with Gasteiger partial charge in [0.25, 0.3) is 5.69 Å². The number of aromatic hydroxyl groups is 1. The number of azo groups is 1. The number of hydrogen-bond donors (Lipinski definition) is 1. The van der Waals surface area contributed by atoms with E-state index < -0.39 is 4.92 Å². The second-order valence-corrected chi connectivity index (χ2v) is 4.99. The van der Waals surface area contributed by atoms with Crippen LogP contribution in [0.15, 0.2) is 58.8 Å². The SMILES string of the molecule is CC(=O)n1c(O)c(N=Nc2ccccc2[N+](=O)[O-])c2ccccc21. The first-order valence-corrected chi connectivity index (χ1v) is 6.99. The Hall–Kier alpha value is -3.55. The van der Waals surface area contributed by atoms with Crippen molar-refractivity contribution in [1.29, 1.82) is 0 Å². The Balaban J connectivity index is 2.17. The van der Waals surface area contributed by atoms with E-state index >= 15 is 0 Å². The topological polar surface area (TPSA) is 110 Å². The maximum atomic E-state index is 11.8. The average molecular weight is 324 g/mol. The van der Waals surface area contributed by atoms with Gasteiger partial charge in [-0.15, -0.1) is 10.2 Å². The molecule has 3 rings (SSSR count). The van der Waals surface area contributed by atoms with E-state index in [2.05, 4.69) is 10.2 Å². The van der Waals surface area contributed by atoms with E-state index in [1.54, 1.807) is 30.3 Å². The summed E-state index contributed by atoms with van der Waals surface area (Å²) >= 11 is 0. The fraction of sp³-hybridized carbons (Fsp3) is 0.0625. The Kier molecular flexibility index (Phi) is 3.78. The first-order chi connectivity index (χ1) is 11.5. The Morgan fingerprint density at radius 2 is 1.79 bits per heavy atom. The van der Waals surface area contributed by atoms with Crippen LogP contribution in [0.3, 0.4) is 0 Å². The van der Waals surface area contributed by atoms with Crippen molar-refractivity contribution in [3.63, 3.8) is 0 Å². The van der Waals surface area contributed by atoms with Gasteiger partial charge >= 0.3 is 0 Å². The normalized spacial score (nSPS) is 11.2. The molecule has 0 spiro atoms. The van der Waals surface area contributed by atoms with Gasteiger partial charge in [-0.25, -0.2) is 4.57 Å². The number of nitrogens with zero attached hydrogens (tertiary/aromatic N) is 4. The van der Waals surface area contributed by atoms with Crippen LogP contribution in [0.2, 0.25) is 0 Å². The van der Waals surface area contributed by atoms with Crippen LogP contribution < -0.4 is 0 Å². The van der Waals surface area contributed by atoms with Crippen molar-refractivity contribution in [3.05, 3.63) is 58.6 Å². The van der Waals surface area contributed by atoms with Gasteiger partial charge < -0.3 is 5.11 Å². The lowest BCUT2D eigenvalue weighted by molar-refractivity contribution is -0.384. The lowest BCUT2D eigenvalue weighted by Crippen LogP contribution is -2.03. The highest BCUT2D eigenvalue weighted by molar-refractivity contribution is 6.01. The molecule has 8 nitrogen and oxygen atoms in total. The van der Waals surface area contributed by atoms with E-state index in [-0.39, 0.29) is 28.8 Å². The molecule has 0 aliphatic carbocycles. The summed E-state index contributed by atoms with van der Waals surface area (Å²) in [5.74, 6) is -0.734. The summed E-state index contributed by atoms with van der Waals surface area (Å²) in [7, 11) is 0. The summed E-state index contributed by atoms with van der Waals surface area (Å²) < 4.78 is 1.11. The number of para-hydroxylation sites is 2. The van der Waals surface area contributed by atoms with E-state index in [4.69, 9.17) is 0 Å². The van der Waals surface area contributed by atoms with E-state index in [1.807, 2.05) is 0 Å². The summed E-state index contributed by atoms with van der Waals surface area (Å²) in [4.78, 5) is 22.2. The summed E-state index contributed by atoms with van der Waals surface area (Å²) in [6, 6.07) is 12.7. The molecule has 0 aliphatic rings. The van der Waals surface area contributed by atoms with Crippen LogP contribution in [-0.2, 0) is 0 Å². The number of carbonyl (C=O) groups is 1. The lowest BCUT2D eigenvalue weighted by atomic mass is 10.2. The highest BCUT2D eigenvalue weighted by atomic mass is 16.6. The minimum Gasteiger partial charge on any atom is -0.493 e. The van der Waals surface area contributed by atoms with Crippen LogP contribution in [0.4, 0.5) is 17.1 Å². The maximum absolute atomic E-state index is 11.8. The van der Waals surface area contributed by atoms with Crippen molar-refractivity contribution in [2.45, 2.75) is 6.92 Å². The number of nitro groups is 1. The molecule has 0 radical (unpaired) electrons. The number of fused-ring (bicyclic) bond motifs is 1. The molecule has 0 fully saturated rings. The smallest absolute Gasteiger partial charge is 0.296 e. The Morgan fingerprint density at radius 1 is 1.12 bits per heavy atom. The largest absolute Gasteiger partial charge is 0.493 e. The summed E-state index contributed by atoms with van der Waals surface area (Å²) in [6.07, 6.45) is 0. The van der Waals surface area contributed by atoms with E-state index in [0.717, 1.165) is 4.57 Å². The number of aromatic nitrogens is 1. The molecule has 24 heavy (non-hydrogen) atoms. The Morgan fingerprint density at radius 3 is 2.50 bits per heavy atom. The van der Waals surface area contributed by atoms with E-state index in [0.29, 0.717) is 10.9 Å². The predicted molar refractivity (Wildman–Crippen MR) is 87.2 cm³/mol. The lowest BCUT2D eigenvalue weighted by Gasteiger charge is -1.99. The summed E-state index contributed by atoms with van der Waals surface area (Å²) in [5.41, 5.74) is 0.426. The molecule has 2 aromatic carbocycles. The maximum Gasteiger partial charge on any atom is 0.296 e. The first-order valence-electron chi connectivity index (χ1n) is 6.99. The number of benzene rings is 2. The molecule has 1 heterocycles. The van der Waals surface area contributed by atoms with E-state index in [1.165, 1.54) is 25.1 Å². The van der Waals surface area contributed by atoms with Crippen molar-refractivity contribution >= 4 is 33.9 Å². The molecule has 3 aromatic rings. The first kappa shape index (κ1) is 15.3.